The first-order valence-electron chi connectivity index (χ1n) is 7.37. The van der Waals surface area contributed by atoms with E-state index in [1.165, 1.54) is 19.3 Å². The monoisotopic (exact) mass is 278 g/mol. The average molecular weight is 278 g/mol. The van der Waals surface area contributed by atoms with E-state index in [0.29, 0.717) is 36.4 Å². The lowest BCUT2D eigenvalue weighted by Crippen LogP contribution is -2.29. The normalized spacial score (nSPS) is 22.6. The summed E-state index contributed by atoms with van der Waals surface area (Å²) in [6, 6.07) is 6.83. The van der Waals surface area contributed by atoms with E-state index >= 15 is 0 Å². The van der Waals surface area contributed by atoms with Crippen molar-refractivity contribution in [3.05, 3.63) is 24.3 Å². The van der Waals surface area contributed by atoms with Gasteiger partial charge in [-0.15, -0.1) is 0 Å². The largest absolute Gasteiger partial charge is 0.491 e. The zero-order valence-electron chi connectivity index (χ0n) is 12.0. The van der Waals surface area contributed by atoms with Crippen molar-refractivity contribution < 1.29 is 19.5 Å². The van der Waals surface area contributed by atoms with Crippen LogP contribution in [0.15, 0.2) is 24.3 Å². The van der Waals surface area contributed by atoms with Crippen LogP contribution in [0.4, 0.5) is 0 Å². The Kier molecular flexibility index (Phi) is 5.89. The number of hydrogen-bond donors (Lipinski definition) is 2. The van der Waals surface area contributed by atoms with Crippen molar-refractivity contribution >= 4 is 12.6 Å². The van der Waals surface area contributed by atoms with E-state index < -0.39 is 7.12 Å². The van der Waals surface area contributed by atoms with E-state index in [4.69, 9.17) is 19.5 Å². The van der Waals surface area contributed by atoms with E-state index in [9.17, 15) is 0 Å². The number of rotatable bonds is 6. The molecule has 2 N–H and O–H groups in total. The van der Waals surface area contributed by atoms with Crippen LogP contribution in [0.25, 0.3) is 0 Å². The van der Waals surface area contributed by atoms with Crippen LogP contribution in [0.5, 0.6) is 5.75 Å². The molecule has 1 fully saturated rings. The maximum absolute atomic E-state index is 9.09. The van der Waals surface area contributed by atoms with E-state index in [-0.39, 0.29) is 0 Å². The smallest absolute Gasteiger partial charge is 0.488 e. The fourth-order valence-corrected chi connectivity index (χ4v) is 2.65. The molecular weight excluding hydrogens is 255 g/mol. The summed E-state index contributed by atoms with van der Waals surface area (Å²) >= 11 is 0. The van der Waals surface area contributed by atoms with Crippen LogP contribution in [0.2, 0.25) is 0 Å². The highest BCUT2D eigenvalue weighted by atomic mass is 16.5. The molecule has 0 heterocycles. The summed E-state index contributed by atoms with van der Waals surface area (Å²) in [5.41, 5.74) is 0.435. The summed E-state index contributed by atoms with van der Waals surface area (Å²) in [5.74, 6) is 1.27. The van der Waals surface area contributed by atoms with E-state index in [1.807, 2.05) is 0 Å². The molecule has 2 rings (SSSR count). The molecule has 2 unspecified atom stereocenters. The Labute approximate surface area is 120 Å². The first kappa shape index (κ1) is 15.4. The molecule has 1 aliphatic rings. The van der Waals surface area contributed by atoms with Crippen LogP contribution in [0.1, 0.15) is 32.6 Å². The van der Waals surface area contributed by atoms with Gasteiger partial charge in [0.1, 0.15) is 12.4 Å². The molecule has 0 saturated heterocycles. The molecule has 5 heteroatoms. The van der Waals surface area contributed by atoms with Gasteiger partial charge in [-0.1, -0.05) is 31.9 Å². The van der Waals surface area contributed by atoms with Crippen LogP contribution in [-0.2, 0) is 4.74 Å². The van der Waals surface area contributed by atoms with Gasteiger partial charge in [-0.25, -0.2) is 0 Å². The van der Waals surface area contributed by atoms with Crippen LogP contribution >= 0.6 is 0 Å². The fourth-order valence-electron chi connectivity index (χ4n) is 2.65. The molecule has 1 aromatic carbocycles. The molecule has 0 radical (unpaired) electrons. The predicted octanol–water partition coefficient (Wildman–Crippen LogP) is 1.34. The zero-order valence-corrected chi connectivity index (χ0v) is 12.0. The summed E-state index contributed by atoms with van der Waals surface area (Å²) in [4.78, 5) is 0. The minimum absolute atomic E-state index is 0.359. The first-order valence-corrected chi connectivity index (χ1v) is 7.37. The summed E-state index contributed by atoms with van der Waals surface area (Å²) in [7, 11) is -1.46. The van der Waals surface area contributed by atoms with Crippen molar-refractivity contribution in [2.24, 2.45) is 5.92 Å². The van der Waals surface area contributed by atoms with E-state index in [1.54, 1.807) is 24.3 Å². The second-order valence-corrected chi connectivity index (χ2v) is 5.47. The summed E-state index contributed by atoms with van der Waals surface area (Å²) in [6.45, 7) is 3.30. The van der Waals surface area contributed by atoms with Crippen molar-refractivity contribution in [1.82, 2.24) is 0 Å². The highest BCUT2D eigenvalue weighted by molar-refractivity contribution is 6.58. The van der Waals surface area contributed by atoms with Crippen molar-refractivity contribution in [2.75, 3.05) is 13.2 Å². The molecule has 4 nitrogen and oxygen atoms in total. The Hall–Kier alpha value is -1.04. The van der Waals surface area contributed by atoms with Gasteiger partial charge in [-0.3, -0.25) is 0 Å². The van der Waals surface area contributed by atoms with E-state index in [0.717, 1.165) is 6.42 Å². The van der Waals surface area contributed by atoms with Crippen LogP contribution in [0, 0.1) is 5.92 Å². The van der Waals surface area contributed by atoms with Gasteiger partial charge in [-0.2, -0.15) is 0 Å². The molecular formula is C15H23BO4. The quantitative estimate of drug-likeness (QED) is 0.609. The topological polar surface area (TPSA) is 58.9 Å². The molecule has 0 bridgehead atoms. The third-order valence-electron chi connectivity index (χ3n) is 3.87. The maximum Gasteiger partial charge on any atom is 0.488 e. The Morgan fingerprint density at radius 3 is 2.75 bits per heavy atom. The van der Waals surface area contributed by atoms with Crippen molar-refractivity contribution in [3.63, 3.8) is 0 Å². The maximum atomic E-state index is 9.09. The second-order valence-electron chi connectivity index (χ2n) is 5.47. The predicted molar refractivity (Wildman–Crippen MR) is 79.1 cm³/mol. The summed E-state index contributed by atoms with van der Waals surface area (Å²) in [5, 5.41) is 18.2. The third kappa shape index (κ3) is 4.51. The van der Waals surface area contributed by atoms with Crippen LogP contribution in [0.3, 0.4) is 0 Å². The molecule has 0 spiro atoms. The van der Waals surface area contributed by atoms with Gasteiger partial charge in [0.05, 0.1) is 12.7 Å². The number of hydrogen-bond acceptors (Lipinski definition) is 4. The minimum atomic E-state index is -1.46. The SMILES string of the molecule is CC1CCCCC1OCCOc1cccc(B(O)O)c1. The van der Waals surface area contributed by atoms with Crippen molar-refractivity contribution in [1.29, 1.82) is 0 Å². The van der Waals surface area contributed by atoms with E-state index in [2.05, 4.69) is 6.92 Å². The minimum Gasteiger partial charge on any atom is -0.491 e. The molecule has 0 aliphatic heterocycles. The highest BCUT2D eigenvalue weighted by Crippen LogP contribution is 2.26. The van der Waals surface area contributed by atoms with Gasteiger partial charge >= 0.3 is 7.12 Å². The molecule has 1 aromatic rings. The Morgan fingerprint density at radius 2 is 2.00 bits per heavy atom. The van der Waals surface area contributed by atoms with Gasteiger partial charge in [-0.05, 0) is 36.4 Å². The molecule has 110 valence electrons. The van der Waals surface area contributed by atoms with Gasteiger partial charge in [0.15, 0.2) is 0 Å². The first-order chi connectivity index (χ1) is 9.66. The zero-order chi connectivity index (χ0) is 14.4. The lowest BCUT2D eigenvalue weighted by molar-refractivity contribution is -0.0165. The van der Waals surface area contributed by atoms with Crippen LogP contribution < -0.4 is 10.2 Å². The lowest BCUT2D eigenvalue weighted by atomic mass is 9.80. The summed E-state index contributed by atoms with van der Waals surface area (Å²) in [6.07, 6.45) is 5.33. The van der Waals surface area contributed by atoms with Gasteiger partial charge in [0, 0.05) is 0 Å². The van der Waals surface area contributed by atoms with Gasteiger partial charge in [0.2, 0.25) is 0 Å². The second kappa shape index (κ2) is 7.67. The molecule has 1 saturated carbocycles. The van der Waals surface area contributed by atoms with Crippen molar-refractivity contribution in [3.8, 4) is 5.75 Å². The third-order valence-corrected chi connectivity index (χ3v) is 3.87. The molecule has 2 atom stereocenters. The molecule has 1 aliphatic carbocycles. The van der Waals surface area contributed by atoms with Gasteiger partial charge < -0.3 is 19.5 Å². The Balaban J connectivity index is 1.71. The van der Waals surface area contributed by atoms with Crippen molar-refractivity contribution in [2.45, 2.75) is 38.7 Å². The molecule has 0 aromatic heterocycles. The molecule has 20 heavy (non-hydrogen) atoms. The van der Waals surface area contributed by atoms with Gasteiger partial charge in [0.25, 0.3) is 0 Å². The standard InChI is InChI=1S/C15H23BO4/c1-12-5-2-3-8-15(12)20-10-9-19-14-7-4-6-13(11-14)16(17)18/h4,6-7,11-12,15,17-18H,2-3,5,8-10H2,1H3. The molecule has 0 amide bonds. The Bertz CT molecular complexity index is 411. The van der Waals surface area contributed by atoms with Crippen LogP contribution in [-0.4, -0.2) is 36.5 Å². The highest BCUT2D eigenvalue weighted by Gasteiger charge is 2.21. The fraction of sp³-hybridized carbons (Fsp3) is 0.600. The lowest BCUT2D eigenvalue weighted by Gasteiger charge is -2.28. The summed E-state index contributed by atoms with van der Waals surface area (Å²) < 4.78 is 11.4. The Morgan fingerprint density at radius 1 is 1.20 bits per heavy atom. The average Bonchev–Trinajstić information content (AvgIpc) is 2.45. The number of ether oxygens (including phenoxy) is 2. The number of benzene rings is 1.